The van der Waals surface area contributed by atoms with Crippen LogP contribution < -0.4 is 5.32 Å². The highest BCUT2D eigenvalue weighted by Gasteiger charge is 2.44. The Morgan fingerprint density at radius 2 is 2.13 bits per heavy atom. The Labute approximate surface area is 137 Å². The molecule has 0 bridgehead atoms. The van der Waals surface area contributed by atoms with Crippen LogP contribution in [0.1, 0.15) is 24.8 Å². The first-order chi connectivity index (χ1) is 11.2. The van der Waals surface area contributed by atoms with Crippen molar-refractivity contribution in [2.45, 2.75) is 36.8 Å². The lowest BCUT2D eigenvalue weighted by Gasteiger charge is -2.23. The third-order valence-corrected chi connectivity index (χ3v) is 5.24. The van der Waals surface area contributed by atoms with Crippen molar-refractivity contribution < 1.29 is 14.6 Å². The van der Waals surface area contributed by atoms with E-state index in [1.165, 1.54) is 5.56 Å². The van der Waals surface area contributed by atoms with Gasteiger partial charge in [0.1, 0.15) is 0 Å². The summed E-state index contributed by atoms with van der Waals surface area (Å²) in [4.78, 5) is 14.3. The maximum Gasteiger partial charge on any atom is 0.234 e. The molecule has 2 N–H and O–H groups in total. The number of hydrogen-bond donors (Lipinski definition) is 2. The fourth-order valence-electron chi connectivity index (χ4n) is 3.51. The highest BCUT2D eigenvalue weighted by molar-refractivity contribution is 5.78. The first-order valence-electron chi connectivity index (χ1n) is 8.37. The van der Waals surface area contributed by atoms with E-state index < -0.39 is 0 Å². The first kappa shape index (κ1) is 16.4. The third kappa shape index (κ3) is 3.74. The molecule has 1 aromatic rings. The second-order valence-electron chi connectivity index (χ2n) is 6.78. The topological polar surface area (TPSA) is 61.8 Å². The fourth-order valence-corrected chi connectivity index (χ4v) is 3.51. The molecule has 2 aliphatic rings. The van der Waals surface area contributed by atoms with Gasteiger partial charge in [0.25, 0.3) is 0 Å². The Morgan fingerprint density at radius 3 is 2.74 bits per heavy atom. The van der Waals surface area contributed by atoms with E-state index in [9.17, 15) is 9.90 Å². The highest BCUT2D eigenvalue weighted by Crippen LogP contribution is 2.47. The molecular formula is C18H26N2O3. The molecular weight excluding hydrogens is 292 g/mol. The molecule has 5 nitrogen and oxygen atoms in total. The number of hydrogen-bond acceptors (Lipinski definition) is 4. The van der Waals surface area contributed by atoms with Crippen molar-refractivity contribution in [3.05, 3.63) is 35.9 Å². The van der Waals surface area contributed by atoms with E-state index in [1.807, 2.05) is 11.0 Å². The van der Waals surface area contributed by atoms with Gasteiger partial charge in [0.2, 0.25) is 5.91 Å². The second-order valence-corrected chi connectivity index (χ2v) is 6.78. The second kappa shape index (κ2) is 6.99. The monoisotopic (exact) mass is 318 g/mol. The summed E-state index contributed by atoms with van der Waals surface area (Å²) in [5.41, 5.74) is 1.45. The van der Waals surface area contributed by atoms with Crippen LogP contribution in [0.5, 0.6) is 0 Å². The number of ether oxygens (including phenoxy) is 1. The van der Waals surface area contributed by atoms with E-state index in [0.717, 1.165) is 19.3 Å². The van der Waals surface area contributed by atoms with E-state index in [1.54, 1.807) is 7.11 Å². The van der Waals surface area contributed by atoms with Gasteiger partial charge in [-0.15, -0.1) is 0 Å². The van der Waals surface area contributed by atoms with Crippen molar-refractivity contribution in [1.82, 2.24) is 10.2 Å². The molecule has 3 rings (SSSR count). The van der Waals surface area contributed by atoms with Crippen LogP contribution in [0.3, 0.4) is 0 Å². The van der Waals surface area contributed by atoms with Crippen LogP contribution in [0.2, 0.25) is 0 Å². The molecule has 1 aromatic carbocycles. The number of aliphatic hydroxyl groups is 1. The lowest BCUT2D eigenvalue weighted by Crippen LogP contribution is -2.43. The van der Waals surface area contributed by atoms with Crippen LogP contribution in [0.4, 0.5) is 0 Å². The van der Waals surface area contributed by atoms with E-state index >= 15 is 0 Å². The summed E-state index contributed by atoms with van der Waals surface area (Å²) in [6, 6.07) is 10.4. The van der Waals surface area contributed by atoms with E-state index in [0.29, 0.717) is 19.6 Å². The molecule has 0 aromatic heterocycles. The van der Waals surface area contributed by atoms with E-state index in [-0.39, 0.29) is 30.1 Å². The number of carbonyl (C=O) groups is 1. The minimum atomic E-state index is 0.0229. The molecule has 2 atom stereocenters. The van der Waals surface area contributed by atoms with Gasteiger partial charge < -0.3 is 15.2 Å². The van der Waals surface area contributed by atoms with Gasteiger partial charge in [0.15, 0.2) is 0 Å². The summed E-state index contributed by atoms with van der Waals surface area (Å²) < 4.78 is 5.35. The average Bonchev–Trinajstić information content (AvgIpc) is 3.28. The number of nitrogens with one attached hydrogen (secondary N) is 1. The molecule has 0 unspecified atom stereocenters. The maximum atomic E-state index is 12.3. The molecule has 5 heteroatoms. The van der Waals surface area contributed by atoms with E-state index in [2.05, 4.69) is 29.6 Å². The average molecular weight is 318 g/mol. The van der Waals surface area contributed by atoms with Gasteiger partial charge in [-0.1, -0.05) is 30.3 Å². The van der Waals surface area contributed by atoms with Crippen LogP contribution in [0, 0.1) is 0 Å². The molecule has 1 aliphatic heterocycles. The number of likely N-dealkylation sites (tertiary alicyclic amines) is 1. The number of benzene rings is 1. The van der Waals surface area contributed by atoms with Crippen molar-refractivity contribution in [3.8, 4) is 0 Å². The lowest BCUT2D eigenvalue weighted by molar-refractivity contribution is -0.122. The number of aliphatic hydroxyl groups excluding tert-OH is 1. The molecule has 1 amide bonds. The first-order valence-corrected chi connectivity index (χ1v) is 8.37. The van der Waals surface area contributed by atoms with Gasteiger partial charge in [-0.2, -0.15) is 0 Å². The van der Waals surface area contributed by atoms with Crippen LogP contribution in [0.25, 0.3) is 0 Å². The zero-order valence-electron chi connectivity index (χ0n) is 13.7. The fraction of sp³-hybridized carbons (Fsp3) is 0.611. The third-order valence-electron chi connectivity index (χ3n) is 5.24. The summed E-state index contributed by atoms with van der Waals surface area (Å²) in [6.07, 6.45) is 3.16. The molecule has 2 fully saturated rings. The largest absolute Gasteiger partial charge is 0.395 e. The maximum absolute atomic E-state index is 12.3. The summed E-state index contributed by atoms with van der Waals surface area (Å²) in [5.74, 6) is 0.0300. The number of amides is 1. The van der Waals surface area contributed by atoms with Crippen LogP contribution in [0.15, 0.2) is 30.3 Å². The zero-order valence-corrected chi connectivity index (χ0v) is 13.7. The number of rotatable bonds is 7. The Hall–Kier alpha value is -1.43. The number of carbonyl (C=O) groups excluding carboxylic acids is 1. The Kier molecular flexibility index (Phi) is 4.99. The Bertz CT molecular complexity index is 530. The summed E-state index contributed by atoms with van der Waals surface area (Å²) in [5, 5.41) is 12.5. The van der Waals surface area contributed by atoms with Crippen molar-refractivity contribution in [2.24, 2.45) is 0 Å². The minimum absolute atomic E-state index is 0.0229. The van der Waals surface area contributed by atoms with E-state index in [4.69, 9.17) is 4.74 Å². The molecule has 1 aliphatic carbocycles. The Balaban J connectivity index is 1.50. The van der Waals surface area contributed by atoms with Crippen LogP contribution >= 0.6 is 0 Å². The standard InChI is InChI=1S/C18H26N2O3/c1-23-16-9-15(12-21)20(10-16)11-17(22)19-13-18(7-8-18)14-5-3-2-4-6-14/h2-6,15-16,21H,7-13H2,1H3,(H,19,22)/t15-,16-/m0/s1. The SMILES string of the molecule is CO[C@H]1C[C@@H](CO)N(CC(=O)NCC2(c3ccccc3)CC2)C1. The number of nitrogens with zero attached hydrogens (tertiary/aromatic N) is 1. The molecule has 0 spiro atoms. The predicted molar refractivity (Wildman–Crippen MR) is 88.2 cm³/mol. The van der Waals surface area contributed by atoms with Crippen LogP contribution in [-0.4, -0.2) is 61.4 Å². The van der Waals surface area contributed by atoms with Gasteiger partial charge >= 0.3 is 0 Å². The van der Waals surface area contributed by atoms with Gasteiger partial charge in [0.05, 0.1) is 19.3 Å². The molecule has 1 saturated carbocycles. The summed E-state index contributed by atoms with van der Waals surface area (Å²) in [6.45, 7) is 1.80. The smallest absolute Gasteiger partial charge is 0.234 e. The minimum Gasteiger partial charge on any atom is -0.395 e. The molecule has 23 heavy (non-hydrogen) atoms. The molecule has 0 radical (unpaired) electrons. The molecule has 1 saturated heterocycles. The summed E-state index contributed by atoms with van der Waals surface area (Å²) in [7, 11) is 1.68. The molecule has 126 valence electrons. The normalized spacial score (nSPS) is 26.2. The van der Waals surface area contributed by atoms with Crippen LogP contribution in [-0.2, 0) is 14.9 Å². The van der Waals surface area contributed by atoms with Gasteiger partial charge in [-0.05, 0) is 24.8 Å². The van der Waals surface area contributed by atoms with Crippen molar-refractivity contribution >= 4 is 5.91 Å². The highest BCUT2D eigenvalue weighted by atomic mass is 16.5. The number of methoxy groups -OCH3 is 1. The van der Waals surface area contributed by atoms with Crippen molar-refractivity contribution in [3.63, 3.8) is 0 Å². The predicted octanol–water partition coefficient (Wildman–Crippen LogP) is 0.916. The van der Waals surface area contributed by atoms with Crippen molar-refractivity contribution in [1.29, 1.82) is 0 Å². The van der Waals surface area contributed by atoms with Gasteiger partial charge in [-0.25, -0.2) is 0 Å². The zero-order chi connectivity index (χ0) is 16.3. The van der Waals surface area contributed by atoms with Gasteiger partial charge in [-0.3, -0.25) is 9.69 Å². The summed E-state index contributed by atoms with van der Waals surface area (Å²) >= 11 is 0. The molecule has 1 heterocycles. The quantitative estimate of drug-likeness (QED) is 0.785. The van der Waals surface area contributed by atoms with Crippen molar-refractivity contribution in [2.75, 3.05) is 33.4 Å². The van der Waals surface area contributed by atoms with Gasteiger partial charge in [0, 0.05) is 31.7 Å². The Morgan fingerprint density at radius 1 is 1.39 bits per heavy atom. The lowest BCUT2D eigenvalue weighted by atomic mass is 9.96.